The Morgan fingerprint density at radius 2 is 2.15 bits per heavy atom. The van der Waals surface area contributed by atoms with Crippen molar-refractivity contribution < 1.29 is 4.39 Å². The van der Waals surface area contributed by atoms with Crippen LogP contribution in [0, 0.1) is 19.7 Å². The molecular formula is C19H24FN5S. The lowest BCUT2D eigenvalue weighted by molar-refractivity contribution is 0.629. The third kappa shape index (κ3) is 4.40. The van der Waals surface area contributed by atoms with Crippen molar-refractivity contribution in [1.29, 1.82) is 0 Å². The van der Waals surface area contributed by atoms with Gasteiger partial charge in [-0.3, -0.25) is 0 Å². The first-order chi connectivity index (χ1) is 12.6. The van der Waals surface area contributed by atoms with Crippen LogP contribution in [0.25, 0.3) is 10.9 Å². The standard InChI is InChI=1S/C19H24FN5S/c1-4-21-19(24-11-18-25-12(2)13(3)26-18)22-8-7-14-10-23-17-9-15(20)5-6-16(14)17/h5-6,9-10,23H,4,7-8,11H2,1-3H3,(H2,21,22,24). The van der Waals surface area contributed by atoms with E-state index in [1.165, 1.54) is 17.0 Å². The number of aryl methyl sites for hydroxylation is 2. The van der Waals surface area contributed by atoms with E-state index in [1.807, 2.05) is 26.1 Å². The molecule has 2 aromatic heterocycles. The van der Waals surface area contributed by atoms with Crippen LogP contribution >= 0.6 is 11.3 Å². The molecule has 0 aliphatic heterocycles. The predicted molar refractivity (Wildman–Crippen MR) is 106 cm³/mol. The van der Waals surface area contributed by atoms with Gasteiger partial charge in [-0.05, 0) is 51.0 Å². The van der Waals surface area contributed by atoms with Gasteiger partial charge in [0, 0.05) is 35.1 Å². The number of nitrogens with one attached hydrogen (secondary N) is 3. The molecule has 0 bridgehead atoms. The van der Waals surface area contributed by atoms with Gasteiger partial charge in [-0.2, -0.15) is 0 Å². The van der Waals surface area contributed by atoms with Crippen molar-refractivity contribution in [3.63, 3.8) is 0 Å². The highest BCUT2D eigenvalue weighted by atomic mass is 32.1. The molecule has 0 aliphatic rings. The minimum atomic E-state index is -0.224. The monoisotopic (exact) mass is 373 g/mol. The van der Waals surface area contributed by atoms with Crippen LogP contribution in [0.1, 0.15) is 28.1 Å². The first-order valence-electron chi connectivity index (χ1n) is 8.77. The third-order valence-corrected chi connectivity index (χ3v) is 5.26. The smallest absolute Gasteiger partial charge is 0.191 e. The number of guanidine groups is 1. The summed E-state index contributed by atoms with van der Waals surface area (Å²) in [4.78, 5) is 13.5. The second-order valence-electron chi connectivity index (χ2n) is 6.12. The Morgan fingerprint density at radius 3 is 2.88 bits per heavy atom. The average molecular weight is 374 g/mol. The number of halogens is 1. The van der Waals surface area contributed by atoms with Crippen LogP contribution in [-0.2, 0) is 13.0 Å². The lowest BCUT2D eigenvalue weighted by atomic mass is 10.1. The molecule has 3 rings (SSSR count). The molecule has 0 atom stereocenters. The van der Waals surface area contributed by atoms with E-state index in [0.29, 0.717) is 6.54 Å². The number of hydrogen-bond acceptors (Lipinski definition) is 3. The highest BCUT2D eigenvalue weighted by molar-refractivity contribution is 7.11. The summed E-state index contributed by atoms with van der Waals surface area (Å²) in [5.74, 6) is 0.558. The van der Waals surface area contributed by atoms with Crippen molar-refractivity contribution >= 4 is 28.2 Å². The number of aromatic amines is 1. The quantitative estimate of drug-likeness (QED) is 0.456. The zero-order valence-corrected chi connectivity index (χ0v) is 16.1. The molecule has 0 spiro atoms. The van der Waals surface area contributed by atoms with Crippen LogP contribution in [0.5, 0.6) is 0 Å². The molecule has 0 saturated carbocycles. The minimum Gasteiger partial charge on any atom is -0.361 e. The van der Waals surface area contributed by atoms with E-state index in [4.69, 9.17) is 0 Å². The fourth-order valence-electron chi connectivity index (χ4n) is 2.78. The van der Waals surface area contributed by atoms with Crippen molar-refractivity contribution in [3.8, 4) is 0 Å². The maximum atomic E-state index is 13.3. The van der Waals surface area contributed by atoms with Crippen molar-refractivity contribution in [2.24, 2.45) is 4.99 Å². The van der Waals surface area contributed by atoms with Crippen LogP contribution in [0.15, 0.2) is 29.4 Å². The predicted octanol–water partition coefficient (Wildman–Crippen LogP) is 3.68. The molecule has 138 valence electrons. The largest absolute Gasteiger partial charge is 0.361 e. The fraction of sp³-hybridized carbons (Fsp3) is 0.368. The van der Waals surface area contributed by atoms with Crippen molar-refractivity contribution in [2.75, 3.05) is 13.1 Å². The molecule has 0 fully saturated rings. The van der Waals surface area contributed by atoms with Gasteiger partial charge >= 0.3 is 0 Å². The van der Waals surface area contributed by atoms with Crippen molar-refractivity contribution in [1.82, 2.24) is 20.6 Å². The Balaban J connectivity index is 1.60. The number of aliphatic imine (C=N–C) groups is 1. The lowest BCUT2D eigenvalue weighted by Crippen LogP contribution is -2.38. The van der Waals surface area contributed by atoms with E-state index in [0.717, 1.165) is 52.6 Å². The second kappa shape index (κ2) is 8.31. The summed E-state index contributed by atoms with van der Waals surface area (Å²) in [6, 6.07) is 4.84. The SMILES string of the molecule is CCNC(=NCc1nc(C)c(C)s1)NCCc1c[nH]c2cc(F)ccc12. The van der Waals surface area contributed by atoms with Crippen LogP contribution in [0.3, 0.4) is 0 Å². The topological polar surface area (TPSA) is 65.1 Å². The Morgan fingerprint density at radius 1 is 1.31 bits per heavy atom. The number of aromatic nitrogens is 2. The minimum absolute atomic E-state index is 0.224. The molecule has 7 heteroatoms. The van der Waals surface area contributed by atoms with E-state index in [1.54, 1.807) is 11.3 Å². The van der Waals surface area contributed by atoms with Gasteiger partial charge < -0.3 is 15.6 Å². The van der Waals surface area contributed by atoms with Gasteiger partial charge in [-0.1, -0.05) is 0 Å². The first-order valence-corrected chi connectivity index (χ1v) is 9.59. The number of rotatable bonds is 6. The fourth-order valence-corrected chi connectivity index (χ4v) is 3.63. The normalized spacial score (nSPS) is 11.9. The van der Waals surface area contributed by atoms with Gasteiger partial charge in [0.25, 0.3) is 0 Å². The van der Waals surface area contributed by atoms with E-state index >= 15 is 0 Å². The number of fused-ring (bicyclic) bond motifs is 1. The first kappa shape index (κ1) is 18.4. The molecule has 0 radical (unpaired) electrons. The molecule has 0 saturated heterocycles. The molecule has 26 heavy (non-hydrogen) atoms. The van der Waals surface area contributed by atoms with Crippen LogP contribution in [0.4, 0.5) is 4.39 Å². The van der Waals surface area contributed by atoms with E-state index in [2.05, 4.69) is 32.5 Å². The Kier molecular flexibility index (Phi) is 5.88. The van der Waals surface area contributed by atoms with Crippen LogP contribution in [-0.4, -0.2) is 29.0 Å². The van der Waals surface area contributed by atoms with Gasteiger partial charge in [0.05, 0.1) is 12.2 Å². The Bertz CT molecular complexity index is 892. The number of benzene rings is 1. The summed E-state index contributed by atoms with van der Waals surface area (Å²) < 4.78 is 13.3. The van der Waals surface area contributed by atoms with Gasteiger partial charge in [-0.25, -0.2) is 14.4 Å². The van der Waals surface area contributed by atoms with Crippen molar-refractivity contribution in [2.45, 2.75) is 33.7 Å². The molecular weight excluding hydrogens is 349 g/mol. The van der Waals surface area contributed by atoms with E-state index in [-0.39, 0.29) is 5.82 Å². The zero-order chi connectivity index (χ0) is 18.5. The molecule has 0 unspecified atom stereocenters. The molecule has 3 aromatic rings. The summed E-state index contributed by atoms with van der Waals surface area (Å²) in [6.07, 6.45) is 2.77. The second-order valence-corrected chi connectivity index (χ2v) is 7.41. The van der Waals surface area contributed by atoms with Crippen LogP contribution in [0.2, 0.25) is 0 Å². The van der Waals surface area contributed by atoms with E-state index in [9.17, 15) is 4.39 Å². The maximum Gasteiger partial charge on any atom is 0.191 e. The third-order valence-electron chi connectivity index (χ3n) is 4.21. The summed E-state index contributed by atoms with van der Waals surface area (Å²) in [7, 11) is 0. The maximum absolute atomic E-state index is 13.3. The molecule has 0 amide bonds. The van der Waals surface area contributed by atoms with E-state index < -0.39 is 0 Å². The summed E-state index contributed by atoms with van der Waals surface area (Å²) in [5, 5.41) is 8.69. The lowest BCUT2D eigenvalue weighted by Gasteiger charge is -2.10. The molecule has 5 nitrogen and oxygen atoms in total. The van der Waals surface area contributed by atoms with Crippen LogP contribution < -0.4 is 10.6 Å². The number of thiazole rings is 1. The van der Waals surface area contributed by atoms with Gasteiger partial charge in [0.15, 0.2) is 5.96 Å². The number of nitrogens with zero attached hydrogens (tertiary/aromatic N) is 2. The number of hydrogen-bond donors (Lipinski definition) is 3. The van der Waals surface area contributed by atoms with Gasteiger partial charge in [0.1, 0.15) is 10.8 Å². The summed E-state index contributed by atoms with van der Waals surface area (Å²) in [5.41, 5.74) is 3.07. The highest BCUT2D eigenvalue weighted by Gasteiger charge is 2.06. The summed E-state index contributed by atoms with van der Waals surface area (Å²) in [6.45, 7) is 8.26. The zero-order valence-electron chi connectivity index (χ0n) is 15.3. The number of H-pyrrole nitrogens is 1. The molecule has 3 N–H and O–H groups in total. The highest BCUT2D eigenvalue weighted by Crippen LogP contribution is 2.19. The van der Waals surface area contributed by atoms with Gasteiger partial charge in [-0.15, -0.1) is 11.3 Å². The molecule has 2 heterocycles. The molecule has 1 aromatic carbocycles. The average Bonchev–Trinajstić information content (AvgIpc) is 3.15. The molecule has 0 aliphatic carbocycles. The Labute approximate surface area is 156 Å². The summed E-state index contributed by atoms with van der Waals surface area (Å²) >= 11 is 1.69. The van der Waals surface area contributed by atoms with Crippen molar-refractivity contribution in [3.05, 3.63) is 51.4 Å². The Hall–Kier alpha value is -2.41. The van der Waals surface area contributed by atoms with Gasteiger partial charge in [0.2, 0.25) is 0 Å².